The quantitative estimate of drug-likeness (QED) is 0.445. The topological polar surface area (TPSA) is 16.6 Å². The molecule has 1 atom stereocenters. The second kappa shape index (κ2) is 2.31. The number of nitrogens with two attached hydrogens (primary N) is 1. The molecule has 42 valence electrons. The van der Waals surface area contributed by atoms with Crippen molar-refractivity contribution < 1.29 is 5.32 Å². The van der Waals surface area contributed by atoms with E-state index in [1.807, 2.05) is 0 Å². The molecule has 0 amide bonds. The Balaban J connectivity index is 2.12. The van der Waals surface area contributed by atoms with Crippen molar-refractivity contribution in [2.75, 3.05) is 6.54 Å². The van der Waals surface area contributed by atoms with Gasteiger partial charge in [-0.2, -0.15) is 0 Å². The summed E-state index contributed by atoms with van der Waals surface area (Å²) in [6, 6.07) is 0.911. The smallest absolute Gasteiger partial charge is 0.0830 e. The Kier molecular flexibility index (Phi) is 1.69. The zero-order valence-electron chi connectivity index (χ0n) is 4.98. The van der Waals surface area contributed by atoms with Gasteiger partial charge in [-0.15, -0.1) is 0 Å². The van der Waals surface area contributed by atoms with Crippen LogP contribution in [0.25, 0.3) is 0 Å². The Bertz CT molecular complexity index is 46.1. The molecule has 1 saturated heterocycles. The van der Waals surface area contributed by atoms with Gasteiger partial charge in [-0.05, 0) is 26.2 Å². The Morgan fingerprint density at radius 3 is 2.57 bits per heavy atom. The van der Waals surface area contributed by atoms with E-state index in [1.54, 1.807) is 0 Å². The fourth-order valence-corrected chi connectivity index (χ4v) is 1.13. The predicted octanol–water partition coefficient (Wildman–Crippen LogP) is 0.122. The van der Waals surface area contributed by atoms with Crippen LogP contribution in [0.4, 0.5) is 0 Å². The van der Waals surface area contributed by atoms with E-state index in [9.17, 15) is 0 Å². The molecule has 0 radical (unpaired) electrons. The van der Waals surface area contributed by atoms with E-state index in [2.05, 4.69) is 12.2 Å². The molecule has 0 unspecified atom stereocenters. The fraction of sp³-hybridized carbons (Fsp3) is 1.00. The van der Waals surface area contributed by atoms with Gasteiger partial charge in [0.05, 0.1) is 12.6 Å². The molecule has 1 heteroatoms. The highest BCUT2D eigenvalue weighted by Crippen LogP contribution is 1.98. The summed E-state index contributed by atoms with van der Waals surface area (Å²) in [6.45, 7) is 3.67. The maximum absolute atomic E-state index is 2.43. The maximum atomic E-state index is 2.43. The standard InChI is InChI=1S/C6H13N/c1-6-4-2-3-5-7-6/h6-7H,2-5H2,1H3/p+1/t6-/m0/s1. The van der Waals surface area contributed by atoms with E-state index in [0.717, 1.165) is 6.04 Å². The number of piperidine rings is 1. The first-order valence-corrected chi connectivity index (χ1v) is 3.23. The number of quaternary nitrogens is 1. The molecule has 1 aliphatic heterocycles. The average Bonchev–Trinajstić information content (AvgIpc) is 1.69. The molecule has 0 aromatic rings. The van der Waals surface area contributed by atoms with Crippen molar-refractivity contribution in [3.8, 4) is 0 Å². The molecule has 7 heavy (non-hydrogen) atoms. The van der Waals surface area contributed by atoms with E-state index < -0.39 is 0 Å². The molecule has 1 nitrogen and oxygen atoms in total. The SMILES string of the molecule is C[C@H]1CCCC[NH2+]1. The summed E-state index contributed by atoms with van der Waals surface area (Å²) in [7, 11) is 0. The Morgan fingerprint density at radius 1 is 1.43 bits per heavy atom. The molecule has 1 fully saturated rings. The second-order valence-corrected chi connectivity index (χ2v) is 2.50. The zero-order chi connectivity index (χ0) is 5.11. The monoisotopic (exact) mass is 100 g/mol. The van der Waals surface area contributed by atoms with Crippen molar-refractivity contribution in [3.05, 3.63) is 0 Å². The summed E-state index contributed by atoms with van der Waals surface area (Å²) in [5.74, 6) is 0. The van der Waals surface area contributed by atoms with Gasteiger partial charge in [0.1, 0.15) is 0 Å². The molecule has 0 bridgehead atoms. The Labute approximate surface area is 45.1 Å². The summed E-state index contributed by atoms with van der Waals surface area (Å²) < 4.78 is 0. The van der Waals surface area contributed by atoms with E-state index in [4.69, 9.17) is 0 Å². The van der Waals surface area contributed by atoms with Crippen LogP contribution in [0.3, 0.4) is 0 Å². The third-order valence-corrected chi connectivity index (χ3v) is 1.68. The Morgan fingerprint density at radius 2 is 2.29 bits per heavy atom. The number of hydrogen-bond acceptors (Lipinski definition) is 0. The highest BCUT2D eigenvalue weighted by molar-refractivity contribution is 4.50. The minimum absolute atomic E-state index is 0.911. The highest BCUT2D eigenvalue weighted by atomic mass is 14.9. The molecule has 0 saturated carbocycles. The lowest BCUT2D eigenvalue weighted by atomic mass is 10.1. The predicted molar refractivity (Wildman–Crippen MR) is 30.1 cm³/mol. The minimum atomic E-state index is 0.911. The summed E-state index contributed by atoms with van der Waals surface area (Å²) in [5, 5.41) is 2.43. The van der Waals surface area contributed by atoms with E-state index in [1.165, 1.54) is 25.8 Å². The van der Waals surface area contributed by atoms with Crippen LogP contribution in [-0.2, 0) is 0 Å². The average molecular weight is 100 g/mol. The lowest BCUT2D eigenvalue weighted by Gasteiger charge is -2.14. The number of hydrogen-bond donors (Lipinski definition) is 1. The van der Waals surface area contributed by atoms with Crippen LogP contribution in [0, 0.1) is 0 Å². The molecule has 1 aliphatic rings. The lowest BCUT2D eigenvalue weighted by molar-refractivity contribution is -0.694. The minimum Gasteiger partial charge on any atom is -0.344 e. The molecule has 0 aromatic heterocycles. The van der Waals surface area contributed by atoms with Gasteiger partial charge in [-0.1, -0.05) is 0 Å². The molecule has 1 rings (SSSR count). The molecular formula is C6H14N+. The van der Waals surface area contributed by atoms with Gasteiger partial charge in [0.15, 0.2) is 0 Å². The molecule has 0 spiro atoms. The third-order valence-electron chi connectivity index (χ3n) is 1.68. The van der Waals surface area contributed by atoms with Crippen LogP contribution < -0.4 is 5.32 Å². The van der Waals surface area contributed by atoms with Gasteiger partial charge in [0, 0.05) is 0 Å². The van der Waals surface area contributed by atoms with Gasteiger partial charge >= 0.3 is 0 Å². The first-order chi connectivity index (χ1) is 3.39. The fourth-order valence-electron chi connectivity index (χ4n) is 1.13. The van der Waals surface area contributed by atoms with Gasteiger partial charge in [-0.3, -0.25) is 0 Å². The Hall–Kier alpha value is -0.0400. The maximum Gasteiger partial charge on any atom is 0.0830 e. The van der Waals surface area contributed by atoms with Crippen molar-refractivity contribution in [1.82, 2.24) is 0 Å². The first kappa shape index (κ1) is 5.10. The van der Waals surface area contributed by atoms with Crippen LogP contribution in [0.15, 0.2) is 0 Å². The largest absolute Gasteiger partial charge is 0.344 e. The summed E-state index contributed by atoms with van der Waals surface area (Å²) in [4.78, 5) is 0. The van der Waals surface area contributed by atoms with Crippen LogP contribution in [0.2, 0.25) is 0 Å². The zero-order valence-corrected chi connectivity index (χ0v) is 4.98. The highest BCUT2D eigenvalue weighted by Gasteiger charge is 2.08. The van der Waals surface area contributed by atoms with Gasteiger partial charge in [0.2, 0.25) is 0 Å². The van der Waals surface area contributed by atoms with Crippen LogP contribution in [0.1, 0.15) is 26.2 Å². The van der Waals surface area contributed by atoms with Crippen LogP contribution in [-0.4, -0.2) is 12.6 Å². The molecular weight excluding hydrogens is 86.1 g/mol. The second-order valence-electron chi connectivity index (χ2n) is 2.50. The first-order valence-electron chi connectivity index (χ1n) is 3.23. The van der Waals surface area contributed by atoms with E-state index in [-0.39, 0.29) is 0 Å². The van der Waals surface area contributed by atoms with Crippen molar-refractivity contribution in [1.29, 1.82) is 0 Å². The van der Waals surface area contributed by atoms with Crippen molar-refractivity contribution >= 4 is 0 Å². The van der Waals surface area contributed by atoms with Gasteiger partial charge < -0.3 is 5.32 Å². The van der Waals surface area contributed by atoms with Gasteiger partial charge in [-0.25, -0.2) is 0 Å². The normalized spacial score (nSPS) is 33.0. The number of rotatable bonds is 0. The summed E-state index contributed by atoms with van der Waals surface area (Å²) in [5.41, 5.74) is 0. The third kappa shape index (κ3) is 1.48. The molecule has 0 aromatic carbocycles. The van der Waals surface area contributed by atoms with E-state index >= 15 is 0 Å². The molecule has 1 heterocycles. The van der Waals surface area contributed by atoms with Crippen LogP contribution >= 0.6 is 0 Å². The van der Waals surface area contributed by atoms with Gasteiger partial charge in [0.25, 0.3) is 0 Å². The van der Waals surface area contributed by atoms with Crippen molar-refractivity contribution in [2.45, 2.75) is 32.2 Å². The summed E-state index contributed by atoms with van der Waals surface area (Å²) in [6.07, 6.45) is 4.32. The lowest BCUT2D eigenvalue weighted by Crippen LogP contribution is -2.90. The van der Waals surface area contributed by atoms with E-state index in [0.29, 0.717) is 0 Å². The molecule has 0 aliphatic carbocycles. The molecule has 2 N–H and O–H groups in total. The van der Waals surface area contributed by atoms with Crippen molar-refractivity contribution in [2.24, 2.45) is 0 Å². The van der Waals surface area contributed by atoms with Crippen LogP contribution in [0.5, 0.6) is 0 Å². The van der Waals surface area contributed by atoms with Crippen molar-refractivity contribution in [3.63, 3.8) is 0 Å². The summed E-state index contributed by atoms with van der Waals surface area (Å²) >= 11 is 0.